The molecule has 2 fully saturated rings. The van der Waals surface area contributed by atoms with Crippen LogP contribution >= 0.6 is 0 Å². The van der Waals surface area contributed by atoms with Crippen LogP contribution in [0.1, 0.15) is 42.9 Å². The van der Waals surface area contributed by atoms with Gasteiger partial charge in [0.15, 0.2) is 0 Å². The Morgan fingerprint density at radius 1 is 1.23 bits per heavy atom. The van der Waals surface area contributed by atoms with E-state index in [2.05, 4.69) is 43.2 Å². The number of benzene rings is 2. The minimum atomic E-state index is -0.539. The van der Waals surface area contributed by atoms with Crippen molar-refractivity contribution in [2.75, 3.05) is 18.5 Å². The number of rotatable bonds is 4. The number of nitrogens with zero attached hydrogens (tertiary/aromatic N) is 2. The van der Waals surface area contributed by atoms with E-state index in [4.69, 9.17) is 10.00 Å². The molecule has 2 saturated heterocycles. The van der Waals surface area contributed by atoms with Crippen molar-refractivity contribution in [1.82, 2.24) is 10.2 Å². The lowest BCUT2D eigenvalue weighted by Crippen LogP contribution is -2.57. The molecule has 4 rings (SSSR count). The third-order valence-corrected chi connectivity index (χ3v) is 6.26. The van der Waals surface area contributed by atoms with Gasteiger partial charge >= 0.3 is 0 Å². The van der Waals surface area contributed by atoms with Gasteiger partial charge in [0.1, 0.15) is 5.82 Å². The first-order valence-corrected chi connectivity index (χ1v) is 10.7. The standard InChI is InChI=1S/C25H28N4O2/c1-17-22(5-4-6-23(17)27-20-9-7-19(16-26)8-10-20)25(3)15-24(30)29(18(2)28-25)21-11-13-31-14-12-21/h4-10,21,27-28H,2,11-15H2,1,3H3/t25-/m0/s1. The van der Waals surface area contributed by atoms with Gasteiger partial charge in [0.05, 0.1) is 23.6 Å². The number of hydrogen-bond acceptors (Lipinski definition) is 5. The molecule has 0 aliphatic carbocycles. The first kappa shape index (κ1) is 21.0. The van der Waals surface area contributed by atoms with Crippen LogP contribution in [0.3, 0.4) is 0 Å². The van der Waals surface area contributed by atoms with Crippen LogP contribution in [0.4, 0.5) is 11.4 Å². The van der Waals surface area contributed by atoms with Crippen molar-refractivity contribution in [2.45, 2.75) is 44.7 Å². The summed E-state index contributed by atoms with van der Waals surface area (Å²) >= 11 is 0. The number of anilines is 2. The van der Waals surface area contributed by atoms with E-state index in [0.717, 1.165) is 35.3 Å². The van der Waals surface area contributed by atoms with Crippen LogP contribution in [0.5, 0.6) is 0 Å². The summed E-state index contributed by atoms with van der Waals surface area (Å²) in [6.45, 7) is 9.68. The zero-order chi connectivity index (χ0) is 22.0. The lowest BCUT2D eigenvalue weighted by atomic mass is 9.82. The van der Waals surface area contributed by atoms with Gasteiger partial charge in [-0.2, -0.15) is 5.26 Å². The summed E-state index contributed by atoms with van der Waals surface area (Å²) < 4.78 is 5.45. The molecule has 2 N–H and O–H groups in total. The molecule has 0 aromatic heterocycles. The van der Waals surface area contributed by atoms with E-state index in [0.29, 0.717) is 31.0 Å². The molecule has 1 atom stereocenters. The van der Waals surface area contributed by atoms with Crippen molar-refractivity contribution in [3.63, 3.8) is 0 Å². The van der Waals surface area contributed by atoms with Crippen LogP contribution in [0.2, 0.25) is 0 Å². The maximum atomic E-state index is 13.2. The Labute approximate surface area is 183 Å². The minimum absolute atomic E-state index is 0.100. The Balaban J connectivity index is 1.57. The summed E-state index contributed by atoms with van der Waals surface area (Å²) in [5.74, 6) is 0.763. The first-order valence-electron chi connectivity index (χ1n) is 10.7. The topological polar surface area (TPSA) is 77.4 Å². The van der Waals surface area contributed by atoms with Crippen LogP contribution in [-0.4, -0.2) is 30.1 Å². The van der Waals surface area contributed by atoms with Crippen LogP contribution in [0.25, 0.3) is 0 Å². The fraction of sp³-hybridized carbons (Fsp3) is 0.360. The quantitative estimate of drug-likeness (QED) is 0.777. The molecule has 6 nitrogen and oxygen atoms in total. The van der Waals surface area contributed by atoms with Gasteiger partial charge in [-0.1, -0.05) is 18.7 Å². The second-order valence-corrected chi connectivity index (χ2v) is 8.48. The van der Waals surface area contributed by atoms with E-state index in [-0.39, 0.29) is 11.9 Å². The monoisotopic (exact) mass is 416 g/mol. The molecule has 2 aliphatic heterocycles. The lowest BCUT2D eigenvalue weighted by molar-refractivity contribution is -0.137. The summed E-state index contributed by atoms with van der Waals surface area (Å²) in [4.78, 5) is 15.0. The summed E-state index contributed by atoms with van der Waals surface area (Å²) in [5, 5.41) is 16.0. The molecule has 0 radical (unpaired) electrons. The second-order valence-electron chi connectivity index (χ2n) is 8.48. The largest absolute Gasteiger partial charge is 0.381 e. The van der Waals surface area contributed by atoms with Crippen molar-refractivity contribution >= 4 is 17.3 Å². The Bertz CT molecular complexity index is 1010. The second kappa shape index (κ2) is 8.44. The summed E-state index contributed by atoms with van der Waals surface area (Å²) in [6.07, 6.45) is 2.04. The molecule has 2 aromatic rings. The van der Waals surface area contributed by atoms with Crippen molar-refractivity contribution in [2.24, 2.45) is 0 Å². The Morgan fingerprint density at radius 3 is 2.58 bits per heavy atom. The number of carbonyl (C=O) groups is 1. The number of nitrogens with one attached hydrogen (secondary N) is 2. The molecular formula is C25H28N4O2. The van der Waals surface area contributed by atoms with Crippen molar-refractivity contribution in [3.8, 4) is 6.07 Å². The average molecular weight is 417 g/mol. The predicted octanol–water partition coefficient (Wildman–Crippen LogP) is 4.30. The van der Waals surface area contributed by atoms with E-state index >= 15 is 0 Å². The molecule has 31 heavy (non-hydrogen) atoms. The molecule has 160 valence electrons. The molecule has 0 saturated carbocycles. The van der Waals surface area contributed by atoms with Gasteiger partial charge in [0.2, 0.25) is 5.91 Å². The van der Waals surface area contributed by atoms with Crippen LogP contribution in [0, 0.1) is 18.3 Å². The maximum absolute atomic E-state index is 13.2. The van der Waals surface area contributed by atoms with Gasteiger partial charge in [-0.05, 0) is 68.1 Å². The van der Waals surface area contributed by atoms with Crippen LogP contribution in [-0.2, 0) is 15.1 Å². The van der Waals surface area contributed by atoms with E-state index in [1.165, 1.54) is 0 Å². The van der Waals surface area contributed by atoms with Gasteiger partial charge in [0, 0.05) is 30.6 Å². The zero-order valence-electron chi connectivity index (χ0n) is 18.1. The fourth-order valence-corrected chi connectivity index (χ4v) is 4.64. The molecule has 1 amide bonds. The highest BCUT2D eigenvalue weighted by Gasteiger charge is 2.41. The molecular weight excluding hydrogens is 388 g/mol. The molecule has 0 spiro atoms. The third-order valence-electron chi connectivity index (χ3n) is 6.26. The summed E-state index contributed by atoms with van der Waals surface area (Å²) in [5.41, 5.74) is 4.10. The van der Waals surface area contributed by atoms with Gasteiger partial charge < -0.3 is 15.4 Å². The summed E-state index contributed by atoms with van der Waals surface area (Å²) in [7, 11) is 0. The molecule has 6 heteroatoms. The van der Waals surface area contributed by atoms with E-state index in [1.807, 2.05) is 29.2 Å². The van der Waals surface area contributed by atoms with Crippen LogP contribution < -0.4 is 10.6 Å². The first-order chi connectivity index (χ1) is 14.9. The Kier molecular flexibility index (Phi) is 5.71. The third kappa shape index (κ3) is 4.14. The number of hydrogen-bond donors (Lipinski definition) is 2. The minimum Gasteiger partial charge on any atom is -0.381 e. The maximum Gasteiger partial charge on any atom is 0.231 e. The molecule has 0 unspecified atom stereocenters. The Hall–Kier alpha value is -3.30. The van der Waals surface area contributed by atoms with E-state index in [9.17, 15) is 4.79 Å². The van der Waals surface area contributed by atoms with Crippen molar-refractivity contribution < 1.29 is 9.53 Å². The lowest BCUT2D eigenvalue weighted by Gasteiger charge is -2.46. The van der Waals surface area contributed by atoms with Crippen LogP contribution in [0.15, 0.2) is 54.9 Å². The number of nitriles is 1. The summed E-state index contributed by atoms with van der Waals surface area (Å²) in [6, 6.07) is 15.7. The Morgan fingerprint density at radius 2 is 1.94 bits per heavy atom. The highest BCUT2D eigenvalue weighted by molar-refractivity contribution is 5.81. The van der Waals surface area contributed by atoms with Crippen molar-refractivity contribution in [1.29, 1.82) is 5.26 Å². The zero-order valence-corrected chi connectivity index (χ0v) is 18.1. The van der Waals surface area contributed by atoms with Gasteiger partial charge in [-0.15, -0.1) is 0 Å². The van der Waals surface area contributed by atoms with Gasteiger partial charge in [-0.3, -0.25) is 9.69 Å². The number of amides is 1. The molecule has 0 bridgehead atoms. The predicted molar refractivity (Wildman–Crippen MR) is 121 cm³/mol. The molecule has 2 heterocycles. The average Bonchev–Trinajstić information content (AvgIpc) is 2.76. The molecule has 2 aromatic carbocycles. The van der Waals surface area contributed by atoms with E-state index < -0.39 is 5.54 Å². The SMILES string of the molecule is C=C1N[C@](C)(c2cccc(Nc3ccc(C#N)cc3)c2C)CC(=O)N1C1CCOCC1. The smallest absolute Gasteiger partial charge is 0.231 e. The number of ether oxygens (including phenoxy) is 1. The normalized spacial score (nSPS) is 22.0. The highest BCUT2D eigenvalue weighted by atomic mass is 16.5. The number of carbonyl (C=O) groups excluding carboxylic acids is 1. The van der Waals surface area contributed by atoms with Crippen molar-refractivity contribution in [3.05, 3.63) is 71.6 Å². The van der Waals surface area contributed by atoms with E-state index in [1.54, 1.807) is 12.1 Å². The van der Waals surface area contributed by atoms with Gasteiger partial charge in [0.25, 0.3) is 0 Å². The fourth-order valence-electron chi connectivity index (χ4n) is 4.64. The van der Waals surface area contributed by atoms with Gasteiger partial charge in [-0.25, -0.2) is 0 Å². The highest BCUT2D eigenvalue weighted by Crippen LogP contribution is 2.37. The molecule has 2 aliphatic rings.